The first-order chi connectivity index (χ1) is 13.4. The van der Waals surface area contributed by atoms with Gasteiger partial charge in [0.05, 0.1) is 26.5 Å². The van der Waals surface area contributed by atoms with E-state index >= 15 is 0 Å². The fourth-order valence-corrected chi connectivity index (χ4v) is 2.64. The van der Waals surface area contributed by atoms with E-state index in [4.69, 9.17) is 25.8 Å². The second-order valence-corrected chi connectivity index (χ2v) is 6.18. The van der Waals surface area contributed by atoms with Crippen LogP contribution in [-0.2, 0) is 4.79 Å². The zero-order chi connectivity index (χ0) is 20.7. The quantitative estimate of drug-likeness (QED) is 0.542. The Labute approximate surface area is 169 Å². The van der Waals surface area contributed by atoms with Gasteiger partial charge in [-0.1, -0.05) is 17.7 Å². The second-order valence-electron chi connectivity index (χ2n) is 5.77. The molecule has 0 saturated carbocycles. The van der Waals surface area contributed by atoms with Crippen molar-refractivity contribution in [2.24, 2.45) is 0 Å². The molecule has 7 heteroatoms. The van der Waals surface area contributed by atoms with Gasteiger partial charge in [-0.2, -0.15) is 5.26 Å². The third kappa shape index (κ3) is 4.96. The summed E-state index contributed by atoms with van der Waals surface area (Å²) in [5.41, 5.74) is 1.77. The number of anilines is 1. The Morgan fingerprint density at radius 1 is 1.18 bits per heavy atom. The summed E-state index contributed by atoms with van der Waals surface area (Å²) in [6.45, 7) is 4.13. The van der Waals surface area contributed by atoms with Crippen LogP contribution in [0.15, 0.2) is 35.9 Å². The number of halogens is 1. The lowest BCUT2D eigenvalue weighted by Crippen LogP contribution is -2.14. The summed E-state index contributed by atoms with van der Waals surface area (Å²) in [7, 11) is 3.02. The molecule has 0 aliphatic heterocycles. The van der Waals surface area contributed by atoms with E-state index in [0.717, 1.165) is 5.56 Å². The normalized spacial score (nSPS) is 10.8. The Morgan fingerprint density at radius 2 is 1.89 bits per heavy atom. The number of rotatable bonds is 7. The van der Waals surface area contributed by atoms with Crippen LogP contribution in [0.25, 0.3) is 6.08 Å². The van der Waals surface area contributed by atoms with Crippen LogP contribution in [0.3, 0.4) is 0 Å². The zero-order valence-electron chi connectivity index (χ0n) is 16.1. The lowest BCUT2D eigenvalue weighted by molar-refractivity contribution is -0.112. The Kier molecular flexibility index (Phi) is 7.30. The minimum atomic E-state index is -0.559. The fraction of sp³-hybridized carbons (Fsp3) is 0.238. The molecule has 2 rings (SSSR count). The summed E-state index contributed by atoms with van der Waals surface area (Å²) in [5.74, 6) is 0.954. The highest BCUT2D eigenvalue weighted by Crippen LogP contribution is 2.32. The lowest BCUT2D eigenvalue weighted by atomic mass is 10.1. The standard InChI is InChI=1S/C21H21ClN2O4/c1-5-28-20-10-14(6-7-18(20)26-3)9-15(12-23)21(25)24-17-8-13(2)16(22)11-19(17)27-4/h6-11H,5H2,1-4H3,(H,24,25)/b15-9+. The van der Waals surface area contributed by atoms with Crippen molar-refractivity contribution in [3.63, 3.8) is 0 Å². The number of carbonyl (C=O) groups is 1. The number of carbonyl (C=O) groups excluding carboxylic acids is 1. The zero-order valence-corrected chi connectivity index (χ0v) is 16.9. The number of amides is 1. The molecule has 0 saturated heterocycles. The summed E-state index contributed by atoms with van der Waals surface area (Å²) < 4.78 is 16.0. The minimum Gasteiger partial charge on any atom is -0.495 e. The van der Waals surface area contributed by atoms with Gasteiger partial charge < -0.3 is 19.5 Å². The maximum atomic E-state index is 12.6. The number of nitrogens with one attached hydrogen (secondary N) is 1. The predicted octanol–water partition coefficient (Wildman–Crippen LogP) is 4.61. The third-order valence-electron chi connectivity index (χ3n) is 3.89. The smallest absolute Gasteiger partial charge is 0.266 e. The van der Waals surface area contributed by atoms with Crippen LogP contribution < -0.4 is 19.5 Å². The average molecular weight is 401 g/mol. The third-order valence-corrected chi connectivity index (χ3v) is 4.30. The Balaban J connectivity index is 2.33. The van der Waals surface area contributed by atoms with Gasteiger partial charge in [0.25, 0.3) is 5.91 Å². The van der Waals surface area contributed by atoms with Gasteiger partial charge in [-0.05, 0) is 49.2 Å². The van der Waals surface area contributed by atoms with Crippen molar-refractivity contribution < 1.29 is 19.0 Å². The van der Waals surface area contributed by atoms with Crippen LogP contribution in [0.2, 0.25) is 5.02 Å². The highest BCUT2D eigenvalue weighted by atomic mass is 35.5. The molecule has 0 radical (unpaired) electrons. The Bertz CT molecular complexity index is 948. The Morgan fingerprint density at radius 3 is 2.50 bits per heavy atom. The van der Waals surface area contributed by atoms with Crippen molar-refractivity contribution in [2.75, 3.05) is 26.1 Å². The average Bonchev–Trinajstić information content (AvgIpc) is 2.69. The molecule has 0 aliphatic carbocycles. The van der Waals surface area contributed by atoms with Gasteiger partial charge in [0.15, 0.2) is 11.5 Å². The molecule has 146 valence electrons. The first-order valence-electron chi connectivity index (χ1n) is 8.51. The van der Waals surface area contributed by atoms with Gasteiger partial charge in [0.1, 0.15) is 17.4 Å². The molecule has 0 spiro atoms. The van der Waals surface area contributed by atoms with Gasteiger partial charge in [-0.25, -0.2) is 0 Å². The van der Waals surface area contributed by atoms with Crippen molar-refractivity contribution in [2.45, 2.75) is 13.8 Å². The SMILES string of the molecule is CCOc1cc(/C=C(\C#N)C(=O)Nc2cc(C)c(Cl)cc2OC)ccc1OC. The maximum Gasteiger partial charge on any atom is 0.266 e. The van der Waals surface area contributed by atoms with E-state index in [1.54, 1.807) is 37.4 Å². The molecule has 2 aromatic rings. The highest BCUT2D eigenvalue weighted by molar-refractivity contribution is 6.31. The van der Waals surface area contributed by atoms with Gasteiger partial charge in [-0.3, -0.25) is 4.79 Å². The number of aryl methyl sites for hydroxylation is 1. The monoisotopic (exact) mass is 400 g/mol. The van der Waals surface area contributed by atoms with Crippen LogP contribution in [0.5, 0.6) is 17.2 Å². The van der Waals surface area contributed by atoms with Crippen molar-refractivity contribution in [3.8, 4) is 23.3 Å². The summed E-state index contributed by atoms with van der Waals surface area (Å²) in [6.07, 6.45) is 1.48. The molecular formula is C21H21ClN2O4. The summed E-state index contributed by atoms with van der Waals surface area (Å²) >= 11 is 6.08. The molecule has 28 heavy (non-hydrogen) atoms. The molecule has 0 aromatic heterocycles. The van der Waals surface area contributed by atoms with Crippen molar-refractivity contribution in [1.82, 2.24) is 0 Å². The van der Waals surface area contributed by atoms with E-state index in [2.05, 4.69) is 5.32 Å². The van der Waals surface area contributed by atoms with Crippen molar-refractivity contribution in [1.29, 1.82) is 5.26 Å². The molecule has 6 nitrogen and oxygen atoms in total. The number of nitrogens with zero attached hydrogens (tertiary/aromatic N) is 1. The molecule has 0 heterocycles. The summed E-state index contributed by atoms with van der Waals surface area (Å²) in [5, 5.41) is 12.7. The van der Waals surface area contributed by atoms with Crippen LogP contribution in [-0.4, -0.2) is 26.7 Å². The number of benzene rings is 2. The molecule has 1 N–H and O–H groups in total. The van der Waals surface area contributed by atoms with E-state index in [9.17, 15) is 10.1 Å². The first-order valence-corrected chi connectivity index (χ1v) is 8.89. The van der Waals surface area contributed by atoms with Gasteiger partial charge in [0.2, 0.25) is 0 Å². The number of hydrogen-bond acceptors (Lipinski definition) is 5. The van der Waals surface area contributed by atoms with E-state index in [1.807, 2.05) is 19.9 Å². The lowest BCUT2D eigenvalue weighted by Gasteiger charge is -2.12. The fourth-order valence-electron chi connectivity index (χ4n) is 2.49. The van der Waals surface area contributed by atoms with E-state index in [-0.39, 0.29) is 5.57 Å². The highest BCUT2D eigenvalue weighted by Gasteiger charge is 2.15. The first kappa shape index (κ1) is 21.1. The number of ether oxygens (including phenoxy) is 3. The van der Waals surface area contributed by atoms with Crippen molar-refractivity contribution >= 4 is 29.3 Å². The van der Waals surface area contributed by atoms with E-state index in [1.165, 1.54) is 13.2 Å². The molecular weight excluding hydrogens is 380 g/mol. The molecule has 0 bridgehead atoms. The predicted molar refractivity (Wildman–Crippen MR) is 109 cm³/mol. The maximum absolute atomic E-state index is 12.6. The minimum absolute atomic E-state index is 0.0673. The van der Waals surface area contributed by atoms with Crippen molar-refractivity contribution in [3.05, 3.63) is 52.1 Å². The van der Waals surface area contributed by atoms with E-state index in [0.29, 0.717) is 40.1 Å². The summed E-state index contributed by atoms with van der Waals surface area (Å²) in [6, 6.07) is 10.4. The topological polar surface area (TPSA) is 80.6 Å². The Hall–Kier alpha value is -3.17. The van der Waals surface area contributed by atoms with Gasteiger partial charge in [0, 0.05) is 11.1 Å². The summed E-state index contributed by atoms with van der Waals surface area (Å²) in [4.78, 5) is 12.6. The molecule has 2 aromatic carbocycles. The number of methoxy groups -OCH3 is 2. The number of nitriles is 1. The largest absolute Gasteiger partial charge is 0.495 e. The molecule has 0 fully saturated rings. The van der Waals surface area contributed by atoms with E-state index < -0.39 is 5.91 Å². The van der Waals surface area contributed by atoms with Gasteiger partial charge >= 0.3 is 0 Å². The number of hydrogen-bond donors (Lipinski definition) is 1. The van der Waals surface area contributed by atoms with Crippen LogP contribution >= 0.6 is 11.6 Å². The molecule has 0 atom stereocenters. The van der Waals surface area contributed by atoms with Crippen LogP contribution in [0.4, 0.5) is 5.69 Å². The second kappa shape index (κ2) is 9.67. The van der Waals surface area contributed by atoms with Gasteiger partial charge in [-0.15, -0.1) is 0 Å². The molecule has 0 unspecified atom stereocenters. The molecule has 1 amide bonds. The molecule has 0 aliphatic rings. The van der Waals surface area contributed by atoms with Crippen LogP contribution in [0.1, 0.15) is 18.1 Å². The van der Waals surface area contributed by atoms with Crippen LogP contribution in [0, 0.1) is 18.3 Å².